The van der Waals surface area contributed by atoms with Crippen LogP contribution < -0.4 is 0 Å². The maximum Gasteiger partial charge on any atom is 0.460 e. The lowest BCUT2D eigenvalue weighted by molar-refractivity contribution is -0.0541. The van der Waals surface area contributed by atoms with E-state index in [4.69, 9.17) is 50.6 Å². The second kappa shape index (κ2) is 85.8. The number of hydrogen-bond donors (Lipinski definition) is 2. The van der Waals surface area contributed by atoms with Gasteiger partial charge in [-0.05, 0) is 179 Å². The molecule has 4 atom stereocenters. The molecule has 0 saturated heterocycles. The first-order valence-corrected chi connectivity index (χ1v) is 51.1. The van der Waals surface area contributed by atoms with Crippen LogP contribution in [-0.4, -0.2) is 185 Å². The molecule has 0 heterocycles. The van der Waals surface area contributed by atoms with Gasteiger partial charge in [-0.2, -0.15) is 0 Å². The molecule has 4 unspecified atom stereocenters. The predicted molar refractivity (Wildman–Crippen MR) is 445 cm³/mol. The molecule has 0 amide bonds. The summed E-state index contributed by atoms with van der Waals surface area (Å²) in [4.78, 5) is 0. The van der Waals surface area contributed by atoms with Gasteiger partial charge in [0.2, 0.25) is 8.32 Å². The SMILES string of the molecule is C.C.C.C.C.C.CCC(CO)(COCCCCCCC(C(C)CO[Si](C)(C)C)[Si](C)(C)C)COCCCCCO[SiH2]C.CCCCOCC.CCCCOCCC.CCCCOCCC.CCOCCCC(CC)(CO)COCCCCCCO/[Si](=C\CC(C)C)O[Si](C)(C)C. The van der Waals surface area contributed by atoms with Crippen molar-refractivity contribution in [2.45, 2.75) is 359 Å². The molecule has 96 heavy (non-hydrogen) atoms. The highest BCUT2D eigenvalue weighted by molar-refractivity contribution is 6.78. The summed E-state index contributed by atoms with van der Waals surface area (Å²) in [7, 11) is -5.74. The van der Waals surface area contributed by atoms with Crippen LogP contribution in [0.15, 0.2) is 0 Å². The van der Waals surface area contributed by atoms with Crippen LogP contribution in [0.3, 0.4) is 0 Å². The second-order valence-electron chi connectivity index (χ2n) is 28.4. The Kier molecular flexibility index (Phi) is 107. The highest BCUT2D eigenvalue weighted by Gasteiger charge is 2.32. The number of unbranched alkanes of at least 4 members (excludes halogenated alkanes) is 11. The van der Waals surface area contributed by atoms with Crippen LogP contribution in [0.2, 0.25) is 71.0 Å². The van der Waals surface area contributed by atoms with E-state index in [2.05, 4.69) is 140 Å². The zero-order valence-electron chi connectivity index (χ0n) is 64.5. The van der Waals surface area contributed by atoms with Gasteiger partial charge in [0.15, 0.2) is 18.1 Å². The summed E-state index contributed by atoms with van der Waals surface area (Å²) >= 11 is 0. The van der Waals surface area contributed by atoms with Crippen molar-refractivity contribution in [1.29, 1.82) is 0 Å². The fourth-order valence-electron chi connectivity index (χ4n) is 9.29. The van der Waals surface area contributed by atoms with Gasteiger partial charge < -0.3 is 60.8 Å². The number of aliphatic hydroxyl groups is 2. The molecule has 0 aliphatic carbocycles. The van der Waals surface area contributed by atoms with Crippen molar-refractivity contribution in [3.63, 3.8) is 0 Å². The third-order valence-corrected chi connectivity index (χ3v) is 24.6. The first kappa shape index (κ1) is 120. The molecule has 0 radical (unpaired) electrons. The fourth-order valence-corrected chi connectivity index (χ4v) is 17.5. The van der Waals surface area contributed by atoms with Gasteiger partial charge in [-0.15, -0.1) is 0 Å². The average Bonchev–Trinajstić information content (AvgIpc) is 1.19. The molecule has 0 aliphatic rings. The van der Waals surface area contributed by atoms with E-state index in [9.17, 15) is 10.2 Å². The molecule has 0 saturated carbocycles. The minimum absolute atomic E-state index is 0. The fraction of sp³-hybridized carbons (Fsp3) is 0.987. The molecule has 0 bridgehead atoms. The molecular formula is C78H186O13Si5. The molecule has 18 heteroatoms. The highest BCUT2D eigenvalue weighted by Crippen LogP contribution is 2.36. The van der Waals surface area contributed by atoms with Crippen molar-refractivity contribution in [1.82, 2.24) is 0 Å². The van der Waals surface area contributed by atoms with Gasteiger partial charge in [0.1, 0.15) is 0 Å². The third-order valence-electron chi connectivity index (χ3n) is 15.4. The quantitative estimate of drug-likeness (QED) is 0.0441. The van der Waals surface area contributed by atoms with Crippen LogP contribution in [0.25, 0.3) is 0 Å². The van der Waals surface area contributed by atoms with Crippen LogP contribution in [-0.2, 0) is 50.6 Å². The Labute approximate surface area is 613 Å². The van der Waals surface area contributed by atoms with Gasteiger partial charge in [-0.1, -0.05) is 198 Å². The summed E-state index contributed by atoms with van der Waals surface area (Å²) in [5, 5.41) is 19.9. The van der Waals surface area contributed by atoms with E-state index < -0.39 is 33.6 Å². The minimum Gasteiger partial charge on any atom is -0.579 e. The van der Waals surface area contributed by atoms with Crippen molar-refractivity contribution in [2.24, 2.45) is 22.7 Å². The largest absolute Gasteiger partial charge is 0.579 e. The van der Waals surface area contributed by atoms with Gasteiger partial charge in [0, 0.05) is 105 Å². The van der Waals surface area contributed by atoms with Crippen molar-refractivity contribution < 1.29 is 60.8 Å². The smallest absolute Gasteiger partial charge is 0.460 e. The topological polar surface area (TPSA) is 142 Å². The summed E-state index contributed by atoms with van der Waals surface area (Å²) in [5.74, 6) is 1.31. The molecule has 0 aromatic carbocycles. The van der Waals surface area contributed by atoms with E-state index in [1.165, 1.54) is 64.2 Å². The van der Waals surface area contributed by atoms with Gasteiger partial charge >= 0.3 is 8.90 Å². The predicted octanol–water partition coefficient (Wildman–Crippen LogP) is 22.5. The van der Waals surface area contributed by atoms with Crippen molar-refractivity contribution in [3.05, 3.63) is 0 Å². The van der Waals surface area contributed by atoms with Crippen molar-refractivity contribution in [3.8, 4) is 0 Å². The second-order valence-corrected chi connectivity index (χ2v) is 45.8. The molecular weight excluding hydrogens is 1290 g/mol. The van der Waals surface area contributed by atoms with Gasteiger partial charge in [-0.25, -0.2) is 0 Å². The molecule has 0 aromatic rings. The number of ether oxygens (including phenoxy) is 7. The van der Waals surface area contributed by atoms with E-state index >= 15 is 0 Å². The van der Waals surface area contributed by atoms with Gasteiger partial charge in [0.25, 0.3) is 0 Å². The molecule has 0 rings (SSSR count). The maximum atomic E-state index is 10.0. The van der Waals surface area contributed by atoms with Crippen LogP contribution in [0.1, 0.15) is 288 Å². The summed E-state index contributed by atoms with van der Waals surface area (Å²) < 4.78 is 63.0. The first-order chi connectivity index (χ1) is 42.8. The molecule has 0 aliphatic heterocycles. The monoisotopic (exact) mass is 1470 g/mol. The third kappa shape index (κ3) is 90.2. The zero-order chi connectivity index (χ0) is 69.1. The molecule has 0 aromatic heterocycles. The normalized spacial score (nSPS) is 13.2. The summed E-state index contributed by atoms with van der Waals surface area (Å²) in [6, 6.07) is 0. The molecule has 2 N–H and O–H groups in total. The molecule has 0 spiro atoms. The lowest BCUT2D eigenvalue weighted by Gasteiger charge is -2.35. The van der Waals surface area contributed by atoms with Crippen LogP contribution in [0.4, 0.5) is 0 Å². The Morgan fingerprint density at radius 3 is 1.18 bits per heavy atom. The Hall–Kier alpha value is 0.114. The Bertz CT molecular complexity index is 1380. The van der Waals surface area contributed by atoms with Crippen LogP contribution in [0.5, 0.6) is 0 Å². The average molecular weight is 1470 g/mol. The maximum absolute atomic E-state index is 10.0. The van der Waals surface area contributed by atoms with E-state index in [0.717, 1.165) is 194 Å². The Morgan fingerprint density at radius 2 is 0.812 bits per heavy atom. The summed E-state index contributed by atoms with van der Waals surface area (Å²) in [6.07, 6.45) is 28.4. The minimum atomic E-state index is -1.57. The standard InChI is InChI=1S/C28H64O5Si3.C24H52O5Si2.2C7H16O.C6H14O.6CH4/c1-10-28(23-29,25-31-20-16-13-17-21-32-34-3)24-30-19-15-12-11-14-18-27(35(4,5)6)26(2)22-33-36(7,8)9;1-8-24(21-25,16-14-18-26-9-2)22-27-17-12-10-11-13-19-28-30(20-15-23(3)4)29-31(5,6)7;2*1-3-5-7-8-6-4-2;1-3-5-6-7-4-2;;;;;;/h26-27,29H,10-25,34H2,1-9H3;20,23,25H,8-19,21-22H2,1-7H3;2*3-7H2,1-2H3;3-6H2,1-2H3;6*1H4/b;30-20+;;;;;;;;;. The zero-order valence-corrected chi connectivity index (χ0v) is 69.9. The molecule has 13 nitrogen and oxygen atoms in total. The molecule has 0 fully saturated rings. The van der Waals surface area contributed by atoms with E-state index in [1.54, 1.807) is 0 Å². The van der Waals surface area contributed by atoms with Crippen molar-refractivity contribution in [2.75, 3.05) is 126 Å². The van der Waals surface area contributed by atoms with E-state index in [0.29, 0.717) is 31.7 Å². The number of hydrogen-bond acceptors (Lipinski definition) is 13. The molecule has 596 valence electrons. The number of aliphatic hydroxyl groups excluding tert-OH is 2. The Morgan fingerprint density at radius 1 is 0.427 bits per heavy atom. The van der Waals surface area contributed by atoms with Gasteiger partial charge in [-0.3, -0.25) is 0 Å². The summed E-state index contributed by atoms with van der Waals surface area (Å²) in [5.41, 5.74) is 2.73. The van der Waals surface area contributed by atoms with Crippen LogP contribution in [0, 0.1) is 22.7 Å². The number of rotatable bonds is 60. The van der Waals surface area contributed by atoms with Crippen molar-refractivity contribution >= 4 is 49.0 Å². The summed E-state index contributed by atoms with van der Waals surface area (Å²) in [6.45, 7) is 63.3. The van der Waals surface area contributed by atoms with Crippen LogP contribution >= 0.6 is 0 Å². The lowest BCUT2D eigenvalue weighted by Crippen LogP contribution is -2.36. The van der Waals surface area contributed by atoms with E-state index in [1.807, 2.05) is 13.8 Å². The highest BCUT2D eigenvalue weighted by atomic mass is 28.4. The lowest BCUT2D eigenvalue weighted by atomic mass is 9.82. The first-order valence-electron chi connectivity index (χ1n) is 37.3. The van der Waals surface area contributed by atoms with E-state index in [-0.39, 0.29) is 78.4 Å². The van der Waals surface area contributed by atoms with Gasteiger partial charge in [0.05, 0.1) is 39.6 Å². The Balaban J connectivity index is -0.000000120.